The van der Waals surface area contributed by atoms with E-state index < -0.39 is 0 Å². The van der Waals surface area contributed by atoms with Gasteiger partial charge in [0.15, 0.2) is 0 Å². The fraction of sp³-hybridized carbons (Fsp3) is 0.100. The molecule has 0 heterocycles. The first-order chi connectivity index (χ1) is 6.52. The van der Waals surface area contributed by atoms with E-state index in [-0.39, 0.29) is 0 Å². The first-order valence-electron chi connectivity index (χ1n) is 4.04. The number of benzene rings is 1. The summed E-state index contributed by atoms with van der Waals surface area (Å²) in [5.74, 6) is 0. The normalized spacial score (nSPS) is 12.1. The summed E-state index contributed by atoms with van der Waals surface area (Å²) in [5, 5.41) is 0.675. The lowest BCUT2D eigenvalue weighted by atomic mass is 10.1. The molecule has 2 nitrogen and oxygen atoms in total. The van der Waals surface area contributed by atoms with Gasteiger partial charge < -0.3 is 11.5 Å². The molecule has 0 spiro atoms. The maximum absolute atomic E-state index is 5.86. The van der Waals surface area contributed by atoms with Crippen molar-refractivity contribution >= 4 is 34.5 Å². The van der Waals surface area contributed by atoms with Gasteiger partial charge in [-0.2, -0.15) is 0 Å². The van der Waals surface area contributed by atoms with Crippen molar-refractivity contribution in [3.63, 3.8) is 0 Å². The van der Waals surface area contributed by atoms with Crippen LogP contribution in [0.5, 0.6) is 0 Å². The standard InChI is InChI=1S/C10H11ClN2S/c1-6(10(13)14)9(12)7-2-4-8(11)5-3-7/h2-5H,12H2,1H3,(H2,13,14). The highest BCUT2D eigenvalue weighted by Gasteiger charge is 2.03. The summed E-state index contributed by atoms with van der Waals surface area (Å²) < 4.78 is 0. The topological polar surface area (TPSA) is 52.0 Å². The molecular formula is C10H11ClN2S. The fourth-order valence-electron chi connectivity index (χ4n) is 0.979. The molecule has 0 aliphatic carbocycles. The second kappa shape index (κ2) is 4.44. The average molecular weight is 227 g/mol. The molecule has 0 aliphatic heterocycles. The van der Waals surface area contributed by atoms with Gasteiger partial charge in [-0.3, -0.25) is 0 Å². The predicted molar refractivity (Wildman–Crippen MR) is 65.0 cm³/mol. The fourth-order valence-corrected chi connectivity index (χ4v) is 1.21. The van der Waals surface area contributed by atoms with Crippen molar-refractivity contribution in [2.24, 2.45) is 11.5 Å². The SMILES string of the molecule is CC(C(N)=S)=C(N)c1ccc(Cl)cc1. The molecule has 0 bridgehead atoms. The van der Waals surface area contributed by atoms with Crippen LogP contribution in [-0.2, 0) is 0 Å². The van der Waals surface area contributed by atoms with Crippen molar-refractivity contribution in [1.29, 1.82) is 0 Å². The molecule has 1 rings (SSSR count). The predicted octanol–water partition coefficient (Wildman–Crippen LogP) is 2.32. The van der Waals surface area contributed by atoms with Gasteiger partial charge in [0.05, 0.1) is 0 Å². The maximum Gasteiger partial charge on any atom is 0.101 e. The van der Waals surface area contributed by atoms with E-state index in [0.717, 1.165) is 11.1 Å². The van der Waals surface area contributed by atoms with E-state index in [1.54, 1.807) is 19.1 Å². The first-order valence-corrected chi connectivity index (χ1v) is 4.83. The van der Waals surface area contributed by atoms with E-state index in [2.05, 4.69) is 0 Å². The molecule has 0 aliphatic rings. The van der Waals surface area contributed by atoms with Crippen molar-refractivity contribution in [1.82, 2.24) is 0 Å². The number of nitrogens with two attached hydrogens (primary N) is 2. The van der Waals surface area contributed by atoms with E-state index in [9.17, 15) is 0 Å². The monoisotopic (exact) mass is 226 g/mol. The lowest BCUT2D eigenvalue weighted by Gasteiger charge is -2.06. The van der Waals surface area contributed by atoms with Crippen molar-refractivity contribution in [3.8, 4) is 0 Å². The van der Waals surface area contributed by atoms with Crippen LogP contribution in [0.2, 0.25) is 5.02 Å². The first kappa shape index (κ1) is 11.0. The minimum Gasteiger partial charge on any atom is -0.398 e. The van der Waals surface area contributed by atoms with Crippen LogP contribution in [0, 0.1) is 0 Å². The van der Waals surface area contributed by atoms with Crippen LogP contribution in [-0.4, -0.2) is 4.99 Å². The largest absolute Gasteiger partial charge is 0.398 e. The van der Waals surface area contributed by atoms with Crippen LogP contribution in [0.3, 0.4) is 0 Å². The summed E-state index contributed by atoms with van der Waals surface area (Å²) in [6.07, 6.45) is 0. The minimum absolute atomic E-state index is 0.317. The van der Waals surface area contributed by atoms with Gasteiger partial charge in [-0.05, 0) is 24.6 Å². The Bertz CT molecular complexity index is 382. The molecule has 0 atom stereocenters. The van der Waals surface area contributed by atoms with Gasteiger partial charge in [0.1, 0.15) is 4.99 Å². The third kappa shape index (κ3) is 2.47. The maximum atomic E-state index is 5.86. The number of hydrogen-bond donors (Lipinski definition) is 2. The summed E-state index contributed by atoms with van der Waals surface area (Å²) in [6.45, 7) is 1.80. The van der Waals surface area contributed by atoms with Gasteiger partial charge in [0, 0.05) is 16.3 Å². The lowest BCUT2D eigenvalue weighted by molar-refractivity contribution is 1.44. The van der Waals surface area contributed by atoms with Crippen LogP contribution in [0.1, 0.15) is 12.5 Å². The van der Waals surface area contributed by atoms with E-state index >= 15 is 0 Å². The molecule has 4 heteroatoms. The molecule has 0 saturated heterocycles. The molecule has 0 amide bonds. The van der Waals surface area contributed by atoms with Crippen molar-refractivity contribution in [2.75, 3.05) is 0 Å². The summed E-state index contributed by atoms with van der Waals surface area (Å²) >= 11 is 10.6. The van der Waals surface area contributed by atoms with Crippen LogP contribution < -0.4 is 11.5 Å². The Kier molecular flexibility index (Phi) is 3.49. The highest BCUT2D eigenvalue weighted by atomic mass is 35.5. The Labute approximate surface area is 93.5 Å². The Balaban J connectivity index is 3.12. The second-order valence-corrected chi connectivity index (χ2v) is 3.79. The van der Waals surface area contributed by atoms with Gasteiger partial charge in [0.25, 0.3) is 0 Å². The van der Waals surface area contributed by atoms with E-state index in [1.165, 1.54) is 0 Å². The molecule has 0 unspecified atom stereocenters. The third-order valence-corrected chi connectivity index (χ3v) is 2.49. The van der Waals surface area contributed by atoms with E-state index in [4.69, 9.17) is 35.3 Å². The van der Waals surface area contributed by atoms with E-state index in [1.807, 2.05) is 12.1 Å². The molecular weight excluding hydrogens is 216 g/mol. The highest BCUT2D eigenvalue weighted by Crippen LogP contribution is 2.16. The minimum atomic E-state index is 0.317. The number of hydrogen-bond acceptors (Lipinski definition) is 2. The summed E-state index contributed by atoms with van der Waals surface area (Å²) in [5.41, 5.74) is 13.5. The van der Waals surface area contributed by atoms with Crippen LogP contribution in [0.15, 0.2) is 29.8 Å². The van der Waals surface area contributed by atoms with Crippen molar-refractivity contribution in [2.45, 2.75) is 6.92 Å². The van der Waals surface area contributed by atoms with Crippen molar-refractivity contribution < 1.29 is 0 Å². The molecule has 1 aromatic rings. The lowest BCUT2D eigenvalue weighted by Crippen LogP contribution is -2.14. The molecule has 0 radical (unpaired) electrons. The second-order valence-electron chi connectivity index (χ2n) is 2.91. The summed E-state index contributed by atoms with van der Waals surface area (Å²) in [6, 6.07) is 7.21. The quantitative estimate of drug-likeness (QED) is 0.601. The molecule has 0 fully saturated rings. The van der Waals surface area contributed by atoms with Gasteiger partial charge in [-0.25, -0.2) is 0 Å². The zero-order valence-corrected chi connectivity index (χ0v) is 9.32. The Hall–Kier alpha value is -1.06. The van der Waals surface area contributed by atoms with Gasteiger partial charge in [-0.15, -0.1) is 0 Å². The number of halogens is 1. The number of rotatable bonds is 2. The van der Waals surface area contributed by atoms with Crippen LogP contribution in [0.4, 0.5) is 0 Å². The van der Waals surface area contributed by atoms with Gasteiger partial charge in [-0.1, -0.05) is 36.0 Å². The van der Waals surface area contributed by atoms with Gasteiger partial charge in [0.2, 0.25) is 0 Å². The summed E-state index contributed by atoms with van der Waals surface area (Å²) in [7, 11) is 0. The zero-order chi connectivity index (χ0) is 10.7. The van der Waals surface area contributed by atoms with Crippen molar-refractivity contribution in [3.05, 3.63) is 40.4 Å². The van der Waals surface area contributed by atoms with Crippen LogP contribution in [0.25, 0.3) is 5.70 Å². The Morgan fingerprint density at radius 2 is 1.71 bits per heavy atom. The molecule has 14 heavy (non-hydrogen) atoms. The number of thiocarbonyl (C=S) groups is 1. The van der Waals surface area contributed by atoms with Crippen LogP contribution >= 0.6 is 23.8 Å². The average Bonchev–Trinajstić information content (AvgIpc) is 2.16. The van der Waals surface area contributed by atoms with E-state index in [0.29, 0.717) is 15.7 Å². The molecule has 4 N–H and O–H groups in total. The third-order valence-electron chi connectivity index (χ3n) is 1.93. The highest BCUT2D eigenvalue weighted by molar-refractivity contribution is 7.80. The summed E-state index contributed by atoms with van der Waals surface area (Å²) in [4.78, 5) is 0.317. The molecule has 0 aromatic heterocycles. The molecule has 74 valence electrons. The Morgan fingerprint density at radius 3 is 2.14 bits per heavy atom. The van der Waals surface area contributed by atoms with Gasteiger partial charge >= 0.3 is 0 Å². The molecule has 0 saturated carbocycles. The molecule has 1 aromatic carbocycles. The zero-order valence-electron chi connectivity index (χ0n) is 7.75. The Morgan fingerprint density at radius 1 is 1.21 bits per heavy atom. The smallest absolute Gasteiger partial charge is 0.101 e.